The van der Waals surface area contributed by atoms with Crippen LogP contribution in [0.3, 0.4) is 0 Å². The Morgan fingerprint density at radius 2 is 2.00 bits per heavy atom. The van der Waals surface area contributed by atoms with E-state index in [1.165, 1.54) is 12.1 Å². The number of halogens is 1. The third-order valence-corrected chi connectivity index (χ3v) is 3.84. The van der Waals surface area contributed by atoms with E-state index in [9.17, 15) is 4.39 Å². The van der Waals surface area contributed by atoms with Crippen LogP contribution < -0.4 is 15.0 Å². The van der Waals surface area contributed by atoms with Gasteiger partial charge in [-0.3, -0.25) is 4.98 Å². The number of nitrogens with zero attached hydrogens (tertiary/aromatic N) is 2. The molecule has 1 saturated heterocycles. The maximum atomic E-state index is 13.7. The van der Waals surface area contributed by atoms with Crippen LogP contribution in [0.2, 0.25) is 0 Å². The van der Waals surface area contributed by atoms with Gasteiger partial charge in [-0.25, -0.2) is 4.39 Å². The summed E-state index contributed by atoms with van der Waals surface area (Å²) in [5, 5.41) is 3.28. The molecular formula is C19H20FN3O. The van der Waals surface area contributed by atoms with E-state index in [-0.39, 0.29) is 5.82 Å². The molecule has 124 valence electrons. The Balaban J connectivity index is 1.73. The van der Waals surface area contributed by atoms with Crippen molar-refractivity contribution >= 4 is 5.69 Å². The number of benzene rings is 1. The zero-order chi connectivity index (χ0) is 16.9. The molecule has 1 aliphatic heterocycles. The predicted octanol–water partition coefficient (Wildman–Crippen LogP) is 2.43. The molecule has 0 bridgehead atoms. The average Bonchev–Trinajstić information content (AvgIpc) is 2.51. The number of aromatic nitrogens is 1. The average molecular weight is 325 g/mol. The SMILES string of the molecule is CN(C)c1cc(F)cc(C#Cc2cncc(OCC3CCN3)c2)c1. The van der Waals surface area contributed by atoms with Crippen molar-refractivity contribution in [1.29, 1.82) is 0 Å². The molecule has 1 fully saturated rings. The summed E-state index contributed by atoms with van der Waals surface area (Å²) in [4.78, 5) is 6.00. The summed E-state index contributed by atoms with van der Waals surface area (Å²) in [6.07, 6.45) is 4.49. The van der Waals surface area contributed by atoms with Crippen molar-refractivity contribution in [3.05, 3.63) is 53.6 Å². The quantitative estimate of drug-likeness (QED) is 0.876. The monoisotopic (exact) mass is 325 g/mol. The van der Waals surface area contributed by atoms with Crippen LogP contribution in [0, 0.1) is 17.7 Å². The van der Waals surface area contributed by atoms with Crippen molar-refractivity contribution in [2.45, 2.75) is 12.5 Å². The predicted molar refractivity (Wildman–Crippen MR) is 92.8 cm³/mol. The van der Waals surface area contributed by atoms with Crippen molar-refractivity contribution in [3.8, 4) is 17.6 Å². The second kappa shape index (κ2) is 7.33. The molecule has 0 radical (unpaired) electrons. The molecule has 5 heteroatoms. The second-order valence-electron chi connectivity index (χ2n) is 6.00. The summed E-state index contributed by atoms with van der Waals surface area (Å²) < 4.78 is 19.4. The second-order valence-corrected chi connectivity index (χ2v) is 6.00. The number of pyridine rings is 1. The van der Waals surface area contributed by atoms with Gasteiger partial charge >= 0.3 is 0 Å². The summed E-state index contributed by atoms with van der Waals surface area (Å²) in [5.74, 6) is 6.40. The van der Waals surface area contributed by atoms with Gasteiger partial charge in [-0.05, 0) is 37.2 Å². The van der Waals surface area contributed by atoms with Gasteiger partial charge in [0.25, 0.3) is 0 Å². The molecule has 1 aliphatic rings. The molecule has 24 heavy (non-hydrogen) atoms. The fraction of sp³-hybridized carbons (Fsp3) is 0.316. The summed E-state index contributed by atoms with van der Waals surface area (Å²) in [7, 11) is 3.74. The molecule has 1 unspecified atom stereocenters. The van der Waals surface area contributed by atoms with Crippen LogP contribution >= 0.6 is 0 Å². The molecule has 3 rings (SSSR count). The first-order valence-corrected chi connectivity index (χ1v) is 7.91. The molecule has 1 atom stereocenters. The van der Waals surface area contributed by atoms with Crippen LogP contribution in [-0.4, -0.2) is 38.3 Å². The van der Waals surface area contributed by atoms with E-state index >= 15 is 0 Å². The van der Waals surface area contributed by atoms with Crippen LogP contribution in [0.5, 0.6) is 5.75 Å². The van der Waals surface area contributed by atoms with Gasteiger partial charge in [0.2, 0.25) is 0 Å². The van der Waals surface area contributed by atoms with Crippen LogP contribution in [-0.2, 0) is 0 Å². The number of hydrogen-bond acceptors (Lipinski definition) is 4. The van der Waals surface area contributed by atoms with Crippen molar-refractivity contribution in [2.24, 2.45) is 0 Å². The number of ether oxygens (including phenoxy) is 1. The number of anilines is 1. The van der Waals surface area contributed by atoms with Crippen molar-refractivity contribution in [3.63, 3.8) is 0 Å². The lowest BCUT2D eigenvalue weighted by Gasteiger charge is -2.27. The van der Waals surface area contributed by atoms with Gasteiger partial charge in [0.1, 0.15) is 18.2 Å². The normalized spacial score (nSPS) is 15.9. The Morgan fingerprint density at radius 3 is 2.71 bits per heavy atom. The maximum Gasteiger partial charge on any atom is 0.138 e. The van der Waals surface area contributed by atoms with Crippen molar-refractivity contribution < 1.29 is 9.13 Å². The van der Waals surface area contributed by atoms with Crippen LogP contribution in [0.1, 0.15) is 17.5 Å². The third kappa shape index (κ3) is 4.24. The minimum Gasteiger partial charge on any atom is -0.490 e. The lowest BCUT2D eigenvalue weighted by atomic mass is 10.1. The number of rotatable bonds is 4. The highest BCUT2D eigenvalue weighted by Gasteiger charge is 2.16. The Labute approximate surface area is 141 Å². The minimum absolute atomic E-state index is 0.297. The van der Waals surface area contributed by atoms with E-state index in [0.29, 0.717) is 24.0 Å². The van der Waals surface area contributed by atoms with Crippen LogP contribution in [0.4, 0.5) is 10.1 Å². The number of hydrogen-bond donors (Lipinski definition) is 1. The zero-order valence-electron chi connectivity index (χ0n) is 13.8. The Morgan fingerprint density at radius 1 is 1.21 bits per heavy atom. The fourth-order valence-corrected chi connectivity index (χ4v) is 2.30. The molecule has 1 aromatic carbocycles. The minimum atomic E-state index is -0.297. The Bertz CT molecular complexity index is 776. The van der Waals surface area contributed by atoms with E-state index < -0.39 is 0 Å². The highest BCUT2D eigenvalue weighted by molar-refractivity contribution is 5.53. The van der Waals surface area contributed by atoms with Crippen LogP contribution in [0.25, 0.3) is 0 Å². The van der Waals surface area contributed by atoms with Gasteiger partial charge in [0.05, 0.1) is 6.20 Å². The van der Waals surface area contributed by atoms with E-state index in [1.807, 2.05) is 31.1 Å². The molecule has 1 N–H and O–H groups in total. The Kier molecular flexibility index (Phi) is 4.97. The van der Waals surface area contributed by atoms with Crippen molar-refractivity contribution in [2.75, 3.05) is 32.1 Å². The van der Waals surface area contributed by atoms with Gasteiger partial charge < -0.3 is 15.0 Å². The fourth-order valence-electron chi connectivity index (χ4n) is 2.30. The standard InChI is InChI=1S/C19H20FN3O/c1-23(2)18-8-14(7-16(20)10-18)3-4-15-9-19(12-21-11-15)24-13-17-5-6-22-17/h7-12,17,22H,5-6,13H2,1-2H3. The summed E-state index contributed by atoms with van der Waals surface area (Å²) in [6, 6.07) is 7.04. The van der Waals surface area contributed by atoms with Crippen molar-refractivity contribution in [1.82, 2.24) is 10.3 Å². The molecule has 2 heterocycles. The van der Waals surface area contributed by atoms with Gasteiger partial charge in [0, 0.05) is 43.1 Å². The number of nitrogens with one attached hydrogen (secondary N) is 1. The first-order chi connectivity index (χ1) is 11.6. The van der Waals surface area contributed by atoms with E-state index in [2.05, 4.69) is 22.1 Å². The largest absolute Gasteiger partial charge is 0.490 e. The smallest absolute Gasteiger partial charge is 0.138 e. The Hall–Kier alpha value is -2.58. The molecule has 0 spiro atoms. The van der Waals surface area contributed by atoms with E-state index in [1.54, 1.807) is 12.4 Å². The summed E-state index contributed by atoms with van der Waals surface area (Å²) >= 11 is 0. The molecule has 1 aromatic heterocycles. The molecule has 2 aromatic rings. The zero-order valence-corrected chi connectivity index (χ0v) is 13.8. The van der Waals surface area contributed by atoms with Gasteiger partial charge in [0.15, 0.2) is 0 Å². The van der Waals surface area contributed by atoms with E-state index in [0.717, 1.165) is 24.2 Å². The maximum absolute atomic E-state index is 13.7. The summed E-state index contributed by atoms with van der Waals surface area (Å²) in [6.45, 7) is 1.69. The lowest BCUT2D eigenvalue weighted by Crippen LogP contribution is -2.46. The van der Waals surface area contributed by atoms with Gasteiger partial charge in [-0.15, -0.1) is 0 Å². The topological polar surface area (TPSA) is 37.4 Å². The lowest BCUT2D eigenvalue weighted by molar-refractivity contribution is 0.217. The first-order valence-electron chi connectivity index (χ1n) is 7.91. The molecule has 0 saturated carbocycles. The highest BCUT2D eigenvalue weighted by Crippen LogP contribution is 2.16. The van der Waals surface area contributed by atoms with Crippen LogP contribution in [0.15, 0.2) is 36.7 Å². The first kappa shape index (κ1) is 16.3. The summed E-state index contributed by atoms with van der Waals surface area (Å²) in [5.41, 5.74) is 2.15. The molecular weight excluding hydrogens is 305 g/mol. The highest BCUT2D eigenvalue weighted by atomic mass is 19.1. The van der Waals surface area contributed by atoms with Gasteiger partial charge in [-0.1, -0.05) is 11.8 Å². The van der Waals surface area contributed by atoms with Gasteiger partial charge in [-0.2, -0.15) is 0 Å². The molecule has 0 aliphatic carbocycles. The third-order valence-electron chi connectivity index (χ3n) is 3.84. The van der Waals surface area contributed by atoms with E-state index in [4.69, 9.17) is 4.74 Å². The molecule has 0 amide bonds. The molecule has 4 nitrogen and oxygen atoms in total.